The van der Waals surface area contributed by atoms with Crippen molar-refractivity contribution < 1.29 is 9.13 Å². The Kier molecular flexibility index (Phi) is 4.96. The van der Waals surface area contributed by atoms with Gasteiger partial charge in [0.1, 0.15) is 18.2 Å². The summed E-state index contributed by atoms with van der Waals surface area (Å²) in [6, 6.07) is 14.2. The molecule has 20 heavy (non-hydrogen) atoms. The molecular weight excluding hydrogens is 255 g/mol. The fourth-order valence-corrected chi connectivity index (χ4v) is 1.91. The monoisotopic (exact) mass is 274 g/mol. The van der Waals surface area contributed by atoms with E-state index in [-0.39, 0.29) is 5.82 Å². The summed E-state index contributed by atoms with van der Waals surface area (Å²) in [4.78, 5) is 1.95. The average molecular weight is 274 g/mol. The summed E-state index contributed by atoms with van der Waals surface area (Å²) in [5.74, 6) is 0.575. The van der Waals surface area contributed by atoms with Crippen molar-refractivity contribution in [1.82, 2.24) is 0 Å². The van der Waals surface area contributed by atoms with E-state index in [0.29, 0.717) is 19.7 Å². The standard InChI is InChI=1S/C16H19FN2O/c1-19(15-6-3-5-14(17)11-15)8-9-20-16-7-2-4-13(10-16)12-18/h2-7,10-11H,8-9,12,18H2,1H3. The quantitative estimate of drug-likeness (QED) is 0.880. The van der Waals surface area contributed by atoms with E-state index in [4.69, 9.17) is 10.5 Å². The summed E-state index contributed by atoms with van der Waals surface area (Å²) in [5, 5.41) is 0. The number of likely N-dealkylation sites (N-methyl/N-ethyl adjacent to an activating group) is 1. The number of hydrogen-bond acceptors (Lipinski definition) is 3. The molecule has 2 aromatic carbocycles. The maximum Gasteiger partial charge on any atom is 0.125 e. The van der Waals surface area contributed by atoms with E-state index in [1.54, 1.807) is 6.07 Å². The van der Waals surface area contributed by atoms with Crippen LogP contribution in [0.15, 0.2) is 48.5 Å². The van der Waals surface area contributed by atoms with E-state index >= 15 is 0 Å². The van der Waals surface area contributed by atoms with Gasteiger partial charge in [-0.1, -0.05) is 18.2 Å². The number of nitrogens with two attached hydrogens (primary N) is 1. The van der Waals surface area contributed by atoms with Gasteiger partial charge in [0.2, 0.25) is 0 Å². The predicted octanol–water partition coefficient (Wildman–Crippen LogP) is 2.80. The molecule has 0 spiro atoms. The molecule has 0 atom stereocenters. The van der Waals surface area contributed by atoms with Crippen molar-refractivity contribution in [2.24, 2.45) is 5.73 Å². The van der Waals surface area contributed by atoms with Gasteiger partial charge >= 0.3 is 0 Å². The predicted molar refractivity (Wildman–Crippen MR) is 79.5 cm³/mol. The number of ether oxygens (including phenoxy) is 1. The minimum atomic E-state index is -0.231. The Balaban J connectivity index is 1.86. The van der Waals surface area contributed by atoms with Crippen LogP contribution < -0.4 is 15.4 Å². The van der Waals surface area contributed by atoms with E-state index in [1.807, 2.05) is 42.3 Å². The van der Waals surface area contributed by atoms with E-state index < -0.39 is 0 Å². The van der Waals surface area contributed by atoms with Gasteiger partial charge in [-0.25, -0.2) is 4.39 Å². The second kappa shape index (κ2) is 6.91. The first-order valence-corrected chi connectivity index (χ1v) is 6.57. The molecule has 4 heteroatoms. The molecule has 2 rings (SSSR count). The highest BCUT2D eigenvalue weighted by molar-refractivity contribution is 5.45. The summed E-state index contributed by atoms with van der Waals surface area (Å²) in [7, 11) is 1.91. The van der Waals surface area contributed by atoms with Crippen LogP contribution in [0.4, 0.5) is 10.1 Å². The van der Waals surface area contributed by atoms with Gasteiger partial charge in [-0.15, -0.1) is 0 Å². The molecule has 0 heterocycles. The van der Waals surface area contributed by atoms with Crippen molar-refractivity contribution in [3.63, 3.8) is 0 Å². The molecule has 0 aliphatic heterocycles. The Morgan fingerprint density at radius 2 is 1.95 bits per heavy atom. The van der Waals surface area contributed by atoms with Gasteiger partial charge in [-0.3, -0.25) is 0 Å². The molecule has 0 saturated heterocycles. The third kappa shape index (κ3) is 3.96. The van der Waals surface area contributed by atoms with Crippen molar-refractivity contribution in [2.75, 3.05) is 25.1 Å². The lowest BCUT2D eigenvalue weighted by Crippen LogP contribution is -2.23. The van der Waals surface area contributed by atoms with Crippen LogP contribution in [0.5, 0.6) is 5.75 Å². The van der Waals surface area contributed by atoms with Crippen LogP contribution in [0, 0.1) is 5.82 Å². The van der Waals surface area contributed by atoms with Gasteiger partial charge in [-0.2, -0.15) is 0 Å². The maximum absolute atomic E-state index is 13.1. The topological polar surface area (TPSA) is 38.5 Å². The van der Waals surface area contributed by atoms with E-state index in [9.17, 15) is 4.39 Å². The molecule has 0 amide bonds. The number of benzene rings is 2. The molecule has 106 valence electrons. The number of anilines is 1. The first-order chi connectivity index (χ1) is 9.69. The van der Waals surface area contributed by atoms with Crippen LogP contribution in [0.1, 0.15) is 5.56 Å². The van der Waals surface area contributed by atoms with Crippen molar-refractivity contribution in [2.45, 2.75) is 6.54 Å². The number of hydrogen-bond donors (Lipinski definition) is 1. The lowest BCUT2D eigenvalue weighted by molar-refractivity contribution is 0.325. The zero-order valence-electron chi connectivity index (χ0n) is 11.6. The maximum atomic E-state index is 13.1. The molecule has 0 aliphatic rings. The van der Waals surface area contributed by atoms with Crippen molar-refractivity contribution >= 4 is 5.69 Å². The summed E-state index contributed by atoms with van der Waals surface area (Å²) < 4.78 is 18.8. The SMILES string of the molecule is CN(CCOc1cccc(CN)c1)c1cccc(F)c1. The zero-order valence-corrected chi connectivity index (χ0v) is 11.6. The van der Waals surface area contributed by atoms with Crippen LogP contribution in [0.2, 0.25) is 0 Å². The number of nitrogens with zero attached hydrogens (tertiary/aromatic N) is 1. The second-order valence-corrected chi connectivity index (χ2v) is 4.60. The van der Waals surface area contributed by atoms with Gasteiger partial charge in [0.05, 0.1) is 6.54 Å². The summed E-state index contributed by atoms with van der Waals surface area (Å²) in [6.45, 7) is 1.71. The van der Waals surface area contributed by atoms with Gasteiger partial charge < -0.3 is 15.4 Å². The molecule has 0 unspecified atom stereocenters. The summed E-state index contributed by atoms with van der Waals surface area (Å²) in [6.07, 6.45) is 0. The highest BCUT2D eigenvalue weighted by Gasteiger charge is 2.02. The van der Waals surface area contributed by atoms with Crippen LogP contribution in [-0.4, -0.2) is 20.2 Å². The fourth-order valence-electron chi connectivity index (χ4n) is 1.91. The second-order valence-electron chi connectivity index (χ2n) is 4.60. The third-order valence-electron chi connectivity index (χ3n) is 3.08. The summed E-state index contributed by atoms with van der Waals surface area (Å²) >= 11 is 0. The third-order valence-corrected chi connectivity index (χ3v) is 3.08. The molecule has 3 nitrogen and oxygen atoms in total. The largest absolute Gasteiger partial charge is 0.492 e. The Hall–Kier alpha value is -2.07. The highest BCUT2D eigenvalue weighted by Crippen LogP contribution is 2.15. The molecular formula is C16H19FN2O. The van der Waals surface area contributed by atoms with Crippen molar-refractivity contribution in [1.29, 1.82) is 0 Å². The van der Waals surface area contributed by atoms with Crippen LogP contribution in [0.25, 0.3) is 0 Å². The average Bonchev–Trinajstić information content (AvgIpc) is 2.47. The van der Waals surface area contributed by atoms with Crippen molar-refractivity contribution in [3.05, 3.63) is 59.9 Å². The molecule has 2 aromatic rings. The fraction of sp³-hybridized carbons (Fsp3) is 0.250. The minimum Gasteiger partial charge on any atom is -0.492 e. The highest BCUT2D eigenvalue weighted by atomic mass is 19.1. The molecule has 0 bridgehead atoms. The van der Waals surface area contributed by atoms with Crippen LogP contribution in [0.3, 0.4) is 0 Å². The molecule has 0 saturated carbocycles. The lowest BCUT2D eigenvalue weighted by atomic mass is 10.2. The Morgan fingerprint density at radius 3 is 2.70 bits per heavy atom. The summed E-state index contributed by atoms with van der Waals surface area (Å²) in [5.41, 5.74) is 7.47. The first kappa shape index (κ1) is 14.3. The van der Waals surface area contributed by atoms with Gasteiger partial charge in [0, 0.05) is 19.3 Å². The van der Waals surface area contributed by atoms with Gasteiger partial charge in [-0.05, 0) is 35.9 Å². The van der Waals surface area contributed by atoms with Crippen molar-refractivity contribution in [3.8, 4) is 5.75 Å². The Bertz CT molecular complexity index is 560. The van der Waals surface area contributed by atoms with Crippen LogP contribution >= 0.6 is 0 Å². The molecule has 0 radical (unpaired) electrons. The Labute approximate surface area is 118 Å². The minimum absolute atomic E-state index is 0.231. The van der Waals surface area contributed by atoms with Gasteiger partial charge in [0.25, 0.3) is 0 Å². The molecule has 0 aliphatic carbocycles. The number of rotatable bonds is 6. The van der Waals surface area contributed by atoms with Gasteiger partial charge in [0.15, 0.2) is 0 Å². The molecule has 2 N–H and O–H groups in total. The van der Waals surface area contributed by atoms with E-state index in [0.717, 1.165) is 17.0 Å². The van der Waals surface area contributed by atoms with E-state index in [1.165, 1.54) is 12.1 Å². The normalized spacial score (nSPS) is 10.3. The molecule has 0 fully saturated rings. The van der Waals surface area contributed by atoms with E-state index in [2.05, 4.69) is 0 Å². The van der Waals surface area contributed by atoms with Crippen LogP contribution in [-0.2, 0) is 6.54 Å². The molecule has 0 aromatic heterocycles. The zero-order chi connectivity index (χ0) is 14.4. The first-order valence-electron chi connectivity index (χ1n) is 6.57. The smallest absolute Gasteiger partial charge is 0.125 e. The lowest BCUT2D eigenvalue weighted by Gasteiger charge is -2.19. The Morgan fingerprint density at radius 1 is 1.15 bits per heavy atom. The number of halogens is 1.